The lowest BCUT2D eigenvalue weighted by Crippen LogP contribution is -2.63. The number of carboxylic acid groups (broad SMARTS) is 1. The number of nitrogens with zero attached hydrogens (tertiary/aromatic N) is 2. The van der Waals surface area contributed by atoms with Gasteiger partial charge in [-0.1, -0.05) is 44.5 Å². The number of carbonyl (C=O) groups excluding carboxylic acids is 1. The second-order valence-electron chi connectivity index (χ2n) is 10.6. The molecule has 0 aliphatic heterocycles. The Labute approximate surface area is 214 Å². The fourth-order valence-corrected chi connectivity index (χ4v) is 5.25. The van der Waals surface area contributed by atoms with Gasteiger partial charge < -0.3 is 15.3 Å². The standard InChI is InChI=1S/C28H38ClN3O3/c1-7-31(8-2)21-12-13-24(19(3)16-21)30-25(33)28(32(26(34)35)18-27(4,5)6)15-14-20-10-9-11-23(29)22(20)17-28/h9-13,16H,7-8,14-15,17-18H2,1-6H3,(H,30,33)(H,34,35)/t28-/m1/s1. The van der Waals surface area contributed by atoms with E-state index in [0.29, 0.717) is 23.6 Å². The third kappa shape index (κ3) is 5.75. The molecule has 2 amide bonds. The average molecular weight is 500 g/mol. The minimum absolute atomic E-state index is 0.232. The van der Waals surface area contributed by atoms with Gasteiger partial charge in [0.05, 0.1) is 0 Å². The first-order valence-electron chi connectivity index (χ1n) is 12.4. The van der Waals surface area contributed by atoms with Gasteiger partial charge in [0.1, 0.15) is 5.54 Å². The smallest absolute Gasteiger partial charge is 0.408 e. The van der Waals surface area contributed by atoms with Gasteiger partial charge in [-0.05, 0) is 80.0 Å². The van der Waals surface area contributed by atoms with Crippen LogP contribution < -0.4 is 10.2 Å². The normalized spacial score (nSPS) is 17.5. The van der Waals surface area contributed by atoms with E-state index >= 15 is 0 Å². The number of fused-ring (bicyclic) bond motifs is 1. The number of amides is 2. The van der Waals surface area contributed by atoms with Gasteiger partial charge in [0.15, 0.2) is 0 Å². The number of carbonyl (C=O) groups is 2. The summed E-state index contributed by atoms with van der Waals surface area (Å²) in [5.41, 5.74) is 3.06. The highest BCUT2D eigenvalue weighted by Gasteiger charge is 2.50. The summed E-state index contributed by atoms with van der Waals surface area (Å²) in [4.78, 5) is 30.2. The molecule has 0 unspecified atom stereocenters. The summed E-state index contributed by atoms with van der Waals surface area (Å²) >= 11 is 6.55. The van der Waals surface area contributed by atoms with Crippen LogP contribution in [0.3, 0.4) is 0 Å². The number of benzene rings is 2. The predicted molar refractivity (Wildman–Crippen MR) is 144 cm³/mol. The molecule has 1 aliphatic carbocycles. The molecular formula is C28H38ClN3O3. The Kier molecular flexibility index (Phi) is 8.05. The van der Waals surface area contributed by atoms with Gasteiger partial charge in [0.2, 0.25) is 0 Å². The van der Waals surface area contributed by atoms with Gasteiger partial charge in [-0.3, -0.25) is 9.69 Å². The van der Waals surface area contributed by atoms with Crippen LogP contribution in [0.5, 0.6) is 0 Å². The lowest BCUT2D eigenvalue weighted by atomic mass is 9.75. The van der Waals surface area contributed by atoms with Crippen molar-refractivity contribution in [3.8, 4) is 0 Å². The Hall–Kier alpha value is -2.73. The van der Waals surface area contributed by atoms with Crippen molar-refractivity contribution in [2.45, 2.75) is 66.3 Å². The molecule has 0 spiro atoms. The minimum atomic E-state index is -1.26. The summed E-state index contributed by atoms with van der Waals surface area (Å²) in [6, 6.07) is 11.7. The highest BCUT2D eigenvalue weighted by atomic mass is 35.5. The molecule has 2 N–H and O–H groups in total. The average Bonchev–Trinajstić information content (AvgIpc) is 2.79. The van der Waals surface area contributed by atoms with Crippen LogP contribution in [0.2, 0.25) is 5.02 Å². The van der Waals surface area contributed by atoms with Crippen molar-refractivity contribution in [1.29, 1.82) is 0 Å². The highest BCUT2D eigenvalue weighted by Crippen LogP contribution is 2.39. The van der Waals surface area contributed by atoms with Gasteiger partial charge in [-0.25, -0.2) is 4.79 Å². The third-order valence-corrected chi connectivity index (χ3v) is 7.24. The van der Waals surface area contributed by atoms with Crippen molar-refractivity contribution < 1.29 is 14.7 Å². The van der Waals surface area contributed by atoms with E-state index in [4.69, 9.17) is 11.6 Å². The molecule has 35 heavy (non-hydrogen) atoms. The molecule has 0 heterocycles. The number of rotatable bonds is 7. The maximum atomic E-state index is 14.1. The van der Waals surface area contributed by atoms with E-state index in [9.17, 15) is 14.7 Å². The van der Waals surface area contributed by atoms with E-state index in [1.54, 1.807) is 6.07 Å². The van der Waals surface area contributed by atoms with Crippen LogP contribution in [0.1, 0.15) is 57.7 Å². The van der Waals surface area contributed by atoms with E-state index in [1.807, 2.05) is 52.0 Å². The lowest BCUT2D eigenvalue weighted by molar-refractivity contribution is -0.128. The molecule has 2 aromatic rings. The zero-order chi connectivity index (χ0) is 26.0. The van der Waals surface area contributed by atoms with Crippen LogP contribution in [-0.2, 0) is 17.6 Å². The second-order valence-corrected chi connectivity index (χ2v) is 11.0. The molecule has 0 saturated heterocycles. The largest absolute Gasteiger partial charge is 0.465 e. The molecule has 6 nitrogen and oxygen atoms in total. The van der Waals surface area contributed by atoms with Gasteiger partial charge in [-0.2, -0.15) is 0 Å². The van der Waals surface area contributed by atoms with E-state index in [2.05, 4.69) is 30.1 Å². The van der Waals surface area contributed by atoms with Crippen molar-refractivity contribution in [2.75, 3.05) is 29.9 Å². The molecule has 0 bridgehead atoms. The maximum absolute atomic E-state index is 14.1. The van der Waals surface area contributed by atoms with Crippen molar-refractivity contribution in [1.82, 2.24) is 4.90 Å². The number of nitrogens with one attached hydrogen (secondary N) is 1. The first kappa shape index (κ1) is 26.9. The van der Waals surface area contributed by atoms with E-state index in [1.165, 1.54) is 4.90 Å². The monoisotopic (exact) mass is 499 g/mol. The predicted octanol–water partition coefficient (Wildman–Crippen LogP) is 6.39. The topological polar surface area (TPSA) is 72.9 Å². The Balaban J connectivity index is 2.04. The van der Waals surface area contributed by atoms with Crippen LogP contribution in [0.25, 0.3) is 0 Å². The number of hydrogen-bond donors (Lipinski definition) is 2. The fourth-order valence-electron chi connectivity index (χ4n) is 4.99. The molecule has 7 heteroatoms. The second kappa shape index (κ2) is 10.5. The van der Waals surface area contributed by atoms with Gasteiger partial charge in [0.25, 0.3) is 5.91 Å². The SMILES string of the molecule is CCN(CC)c1ccc(NC(=O)[C@@]2(N(CC(C)(C)C)C(=O)O)CCc3cccc(Cl)c3C2)c(C)c1. The van der Waals surface area contributed by atoms with E-state index < -0.39 is 11.6 Å². The number of hydrogen-bond acceptors (Lipinski definition) is 3. The Morgan fingerprint density at radius 2 is 1.83 bits per heavy atom. The third-order valence-electron chi connectivity index (χ3n) is 6.88. The van der Waals surface area contributed by atoms with Crippen molar-refractivity contribution in [3.63, 3.8) is 0 Å². The number of halogens is 1. The summed E-state index contributed by atoms with van der Waals surface area (Å²) in [6.07, 6.45) is 0.119. The Morgan fingerprint density at radius 1 is 1.14 bits per heavy atom. The molecular weight excluding hydrogens is 462 g/mol. The highest BCUT2D eigenvalue weighted by molar-refractivity contribution is 6.31. The molecule has 2 aromatic carbocycles. The Bertz CT molecular complexity index is 1090. The number of aryl methyl sites for hydroxylation is 2. The molecule has 3 rings (SSSR count). The fraction of sp³-hybridized carbons (Fsp3) is 0.500. The van der Waals surface area contributed by atoms with Crippen LogP contribution in [0, 0.1) is 12.3 Å². The molecule has 190 valence electrons. The van der Waals surface area contributed by atoms with Gasteiger partial charge in [-0.15, -0.1) is 0 Å². The molecule has 1 aliphatic rings. The van der Waals surface area contributed by atoms with Crippen LogP contribution in [0.4, 0.5) is 16.2 Å². The molecule has 0 radical (unpaired) electrons. The van der Waals surface area contributed by atoms with E-state index in [0.717, 1.165) is 35.5 Å². The van der Waals surface area contributed by atoms with Crippen LogP contribution in [-0.4, -0.2) is 47.2 Å². The molecule has 0 saturated carbocycles. The van der Waals surface area contributed by atoms with E-state index in [-0.39, 0.29) is 24.3 Å². The zero-order valence-electron chi connectivity index (χ0n) is 21.7. The Morgan fingerprint density at radius 3 is 2.40 bits per heavy atom. The van der Waals surface area contributed by atoms with Crippen LogP contribution >= 0.6 is 11.6 Å². The first-order valence-corrected chi connectivity index (χ1v) is 12.7. The summed E-state index contributed by atoms with van der Waals surface area (Å²) in [5.74, 6) is -0.312. The van der Waals surface area contributed by atoms with Crippen molar-refractivity contribution in [3.05, 3.63) is 58.1 Å². The minimum Gasteiger partial charge on any atom is -0.465 e. The molecule has 0 aromatic heterocycles. The van der Waals surface area contributed by atoms with Crippen LogP contribution in [0.15, 0.2) is 36.4 Å². The van der Waals surface area contributed by atoms with Gasteiger partial charge >= 0.3 is 6.09 Å². The quantitative estimate of drug-likeness (QED) is 0.463. The summed E-state index contributed by atoms with van der Waals surface area (Å²) < 4.78 is 0. The summed E-state index contributed by atoms with van der Waals surface area (Å²) in [5, 5.41) is 14.0. The number of anilines is 2. The van der Waals surface area contributed by atoms with Crippen molar-refractivity contribution in [2.24, 2.45) is 5.41 Å². The first-order chi connectivity index (χ1) is 16.4. The maximum Gasteiger partial charge on any atom is 0.408 e. The lowest BCUT2D eigenvalue weighted by Gasteiger charge is -2.46. The molecule has 1 atom stereocenters. The summed E-state index contributed by atoms with van der Waals surface area (Å²) in [6.45, 7) is 14.1. The van der Waals surface area contributed by atoms with Crippen molar-refractivity contribution >= 4 is 35.0 Å². The zero-order valence-corrected chi connectivity index (χ0v) is 22.5. The molecule has 0 fully saturated rings. The van der Waals surface area contributed by atoms with Gasteiger partial charge in [0, 0.05) is 42.5 Å². The summed E-state index contributed by atoms with van der Waals surface area (Å²) in [7, 11) is 0.